The third-order valence-corrected chi connectivity index (χ3v) is 3.06. The summed E-state index contributed by atoms with van der Waals surface area (Å²) in [4.78, 5) is 18.0. The molecule has 2 rings (SSSR count). The van der Waals surface area contributed by atoms with E-state index < -0.39 is 0 Å². The van der Waals surface area contributed by atoms with Gasteiger partial charge in [-0.15, -0.1) is 0 Å². The van der Waals surface area contributed by atoms with E-state index in [0.29, 0.717) is 18.7 Å². The molecule has 5 heteroatoms. The topological polar surface area (TPSA) is 71.2 Å². The molecule has 1 aromatic heterocycles. The molecule has 0 atom stereocenters. The van der Waals surface area contributed by atoms with Crippen LogP contribution in [0.25, 0.3) is 0 Å². The Labute approximate surface area is 124 Å². The van der Waals surface area contributed by atoms with Gasteiger partial charge in [-0.2, -0.15) is 0 Å². The summed E-state index contributed by atoms with van der Waals surface area (Å²) in [6.07, 6.45) is 1.97. The van der Waals surface area contributed by atoms with Crippen LogP contribution in [0.5, 0.6) is 0 Å². The second-order valence-corrected chi connectivity index (χ2v) is 4.57. The fraction of sp³-hybridized carbons (Fsp3) is 0.250. The Morgan fingerprint density at radius 2 is 2.00 bits per heavy atom. The summed E-state index contributed by atoms with van der Waals surface area (Å²) in [5, 5.41) is 2.77. The number of carbonyl (C=O) groups is 1. The summed E-state index contributed by atoms with van der Waals surface area (Å²) in [6, 6.07) is 13.8. The molecule has 1 heterocycles. The third-order valence-electron chi connectivity index (χ3n) is 3.06. The fourth-order valence-corrected chi connectivity index (χ4v) is 2.06. The zero-order chi connectivity index (χ0) is 15.1. The molecule has 0 unspecified atom stereocenters. The molecule has 0 aliphatic heterocycles. The predicted octanol–water partition coefficient (Wildman–Crippen LogP) is 2.53. The van der Waals surface area contributed by atoms with Crippen LogP contribution in [-0.4, -0.2) is 24.0 Å². The maximum atomic E-state index is 11.5. The summed E-state index contributed by atoms with van der Waals surface area (Å²) < 4.78 is 0. The lowest BCUT2D eigenvalue weighted by atomic mass is 10.2. The van der Waals surface area contributed by atoms with Crippen LogP contribution < -0.4 is 16.0 Å². The first-order valence-electron chi connectivity index (χ1n) is 7.03. The van der Waals surface area contributed by atoms with Gasteiger partial charge in [-0.1, -0.05) is 18.2 Å². The average molecular weight is 284 g/mol. The van der Waals surface area contributed by atoms with Crippen LogP contribution in [-0.2, 0) is 4.79 Å². The molecule has 0 spiro atoms. The predicted molar refractivity (Wildman–Crippen MR) is 85.7 cm³/mol. The molecular weight excluding hydrogens is 264 g/mol. The maximum absolute atomic E-state index is 11.5. The van der Waals surface area contributed by atoms with Crippen molar-refractivity contribution in [1.82, 2.24) is 4.98 Å². The lowest BCUT2D eigenvalue weighted by Gasteiger charge is -2.22. The van der Waals surface area contributed by atoms with Crippen LogP contribution in [0.4, 0.5) is 17.2 Å². The highest BCUT2D eigenvalue weighted by Crippen LogP contribution is 2.23. The Morgan fingerprint density at radius 1 is 1.24 bits per heavy atom. The Morgan fingerprint density at radius 3 is 2.57 bits per heavy atom. The van der Waals surface area contributed by atoms with Crippen LogP contribution in [0.2, 0.25) is 0 Å². The SMILES string of the molecule is CCN(c1ccccc1)c1ccc(NC(=O)CCN)cn1. The molecule has 0 saturated heterocycles. The second kappa shape index (κ2) is 7.40. The molecule has 0 radical (unpaired) electrons. The standard InChI is InChI=1S/C16H20N4O/c1-2-20(14-6-4-3-5-7-14)15-9-8-13(12-18-15)19-16(21)10-11-17/h3-9,12H,2,10-11,17H2,1H3,(H,19,21). The van der Waals surface area contributed by atoms with Gasteiger partial charge in [0.05, 0.1) is 11.9 Å². The minimum atomic E-state index is -0.0949. The van der Waals surface area contributed by atoms with E-state index in [1.54, 1.807) is 6.20 Å². The highest BCUT2D eigenvalue weighted by molar-refractivity contribution is 5.90. The van der Waals surface area contributed by atoms with Gasteiger partial charge in [0.2, 0.25) is 5.91 Å². The van der Waals surface area contributed by atoms with Crippen molar-refractivity contribution in [2.75, 3.05) is 23.3 Å². The molecule has 1 amide bonds. The van der Waals surface area contributed by atoms with E-state index in [9.17, 15) is 4.79 Å². The molecule has 3 N–H and O–H groups in total. The molecule has 110 valence electrons. The number of para-hydroxylation sites is 1. The molecule has 5 nitrogen and oxygen atoms in total. The zero-order valence-corrected chi connectivity index (χ0v) is 12.1. The highest BCUT2D eigenvalue weighted by atomic mass is 16.1. The van der Waals surface area contributed by atoms with Crippen molar-refractivity contribution < 1.29 is 4.79 Å². The zero-order valence-electron chi connectivity index (χ0n) is 12.1. The van der Waals surface area contributed by atoms with Gasteiger partial charge in [0, 0.05) is 25.2 Å². The van der Waals surface area contributed by atoms with Crippen molar-refractivity contribution in [2.45, 2.75) is 13.3 Å². The molecule has 2 aromatic rings. The van der Waals surface area contributed by atoms with Gasteiger partial charge < -0.3 is 16.0 Å². The number of hydrogen-bond donors (Lipinski definition) is 2. The van der Waals surface area contributed by atoms with Crippen LogP contribution in [0.3, 0.4) is 0 Å². The number of rotatable bonds is 6. The summed E-state index contributed by atoms with van der Waals surface area (Å²) >= 11 is 0. The van der Waals surface area contributed by atoms with Crippen molar-refractivity contribution in [3.05, 3.63) is 48.7 Å². The Balaban J connectivity index is 2.12. The summed E-state index contributed by atoms with van der Waals surface area (Å²) in [5.74, 6) is 0.753. The quantitative estimate of drug-likeness (QED) is 0.855. The van der Waals surface area contributed by atoms with Crippen molar-refractivity contribution >= 4 is 23.1 Å². The van der Waals surface area contributed by atoms with E-state index in [4.69, 9.17) is 5.73 Å². The van der Waals surface area contributed by atoms with Crippen LogP contribution in [0, 0.1) is 0 Å². The number of nitrogens with two attached hydrogens (primary N) is 1. The van der Waals surface area contributed by atoms with Gasteiger partial charge >= 0.3 is 0 Å². The number of pyridine rings is 1. The van der Waals surface area contributed by atoms with E-state index in [2.05, 4.69) is 22.1 Å². The largest absolute Gasteiger partial charge is 0.330 e. The number of benzene rings is 1. The lowest BCUT2D eigenvalue weighted by Crippen LogP contribution is -2.18. The first-order chi connectivity index (χ1) is 10.2. The molecule has 0 aliphatic rings. The second-order valence-electron chi connectivity index (χ2n) is 4.57. The molecular formula is C16H20N4O. The Bertz CT molecular complexity index is 569. The molecule has 1 aromatic carbocycles. The third kappa shape index (κ3) is 4.03. The van der Waals surface area contributed by atoms with Crippen LogP contribution in [0.1, 0.15) is 13.3 Å². The number of carbonyl (C=O) groups excluding carboxylic acids is 1. The van der Waals surface area contributed by atoms with Gasteiger partial charge in [0.25, 0.3) is 0 Å². The summed E-state index contributed by atoms with van der Waals surface area (Å²) in [6.45, 7) is 3.23. The first-order valence-corrected chi connectivity index (χ1v) is 7.03. The number of hydrogen-bond acceptors (Lipinski definition) is 4. The minimum Gasteiger partial charge on any atom is -0.330 e. The number of nitrogens with zero attached hydrogens (tertiary/aromatic N) is 2. The van der Waals surface area contributed by atoms with E-state index in [-0.39, 0.29) is 5.91 Å². The van der Waals surface area contributed by atoms with Crippen molar-refractivity contribution in [2.24, 2.45) is 5.73 Å². The fourth-order valence-electron chi connectivity index (χ4n) is 2.06. The van der Waals surface area contributed by atoms with E-state index in [1.807, 2.05) is 42.5 Å². The maximum Gasteiger partial charge on any atom is 0.225 e. The minimum absolute atomic E-state index is 0.0949. The van der Waals surface area contributed by atoms with Gasteiger partial charge in [-0.3, -0.25) is 4.79 Å². The number of aromatic nitrogens is 1. The molecule has 0 fully saturated rings. The monoisotopic (exact) mass is 284 g/mol. The van der Waals surface area contributed by atoms with E-state index in [0.717, 1.165) is 18.1 Å². The van der Waals surface area contributed by atoms with E-state index >= 15 is 0 Å². The normalized spacial score (nSPS) is 10.2. The summed E-state index contributed by atoms with van der Waals surface area (Å²) in [5.41, 5.74) is 7.12. The highest BCUT2D eigenvalue weighted by Gasteiger charge is 2.08. The average Bonchev–Trinajstić information content (AvgIpc) is 2.51. The van der Waals surface area contributed by atoms with Gasteiger partial charge in [0.1, 0.15) is 5.82 Å². The molecule has 21 heavy (non-hydrogen) atoms. The molecule has 0 bridgehead atoms. The first kappa shape index (κ1) is 15.0. The van der Waals surface area contributed by atoms with Gasteiger partial charge in [0.15, 0.2) is 0 Å². The Hall–Kier alpha value is -2.40. The summed E-state index contributed by atoms with van der Waals surface area (Å²) in [7, 11) is 0. The lowest BCUT2D eigenvalue weighted by molar-refractivity contribution is -0.116. The van der Waals surface area contributed by atoms with E-state index in [1.165, 1.54) is 0 Å². The van der Waals surface area contributed by atoms with Crippen molar-refractivity contribution in [1.29, 1.82) is 0 Å². The van der Waals surface area contributed by atoms with Crippen LogP contribution in [0.15, 0.2) is 48.7 Å². The van der Waals surface area contributed by atoms with Crippen molar-refractivity contribution in [3.63, 3.8) is 0 Å². The molecule has 0 saturated carbocycles. The number of anilines is 3. The number of nitrogens with one attached hydrogen (secondary N) is 1. The van der Waals surface area contributed by atoms with Crippen molar-refractivity contribution in [3.8, 4) is 0 Å². The number of amides is 1. The Kier molecular flexibility index (Phi) is 5.29. The smallest absolute Gasteiger partial charge is 0.225 e. The molecule has 0 aliphatic carbocycles. The van der Waals surface area contributed by atoms with Gasteiger partial charge in [-0.25, -0.2) is 4.98 Å². The van der Waals surface area contributed by atoms with Crippen LogP contribution >= 0.6 is 0 Å². The van der Waals surface area contributed by atoms with Gasteiger partial charge in [-0.05, 0) is 31.2 Å².